The highest BCUT2D eigenvalue weighted by molar-refractivity contribution is 5.94. The van der Waals surface area contributed by atoms with Crippen molar-refractivity contribution in [2.24, 2.45) is 10.7 Å². The molecule has 2 aromatic rings. The third-order valence-corrected chi connectivity index (χ3v) is 4.03. The van der Waals surface area contributed by atoms with E-state index < -0.39 is 0 Å². The van der Waals surface area contributed by atoms with E-state index >= 15 is 0 Å². The molecule has 1 amide bonds. The minimum atomic E-state index is 0.0631. The number of amides is 1. The number of hydrogen-bond donors (Lipinski definition) is 3. The first-order valence-corrected chi connectivity index (χ1v) is 8.70. The number of nitrogens with one attached hydrogen (secondary N) is 2. The highest BCUT2D eigenvalue weighted by atomic mass is 16.5. The molecule has 0 saturated carbocycles. The topological polar surface area (TPSA) is 102 Å². The molecule has 7 heteroatoms. The summed E-state index contributed by atoms with van der Waals surface area (Å²) in [6, 6.07) is 11.5. The van der Waals surface area contributed by atoms with Gasteiger partial charge in [-0.1, -0.05) is 6.07 Å². The van der Waals surface area contributed by atoms with Gasteiger partial charge in [0.25, 0.3) is 0 Å². The van der Waals surface area contributed by atoms with Gasteiger partial charge in [0.15, 0.2) is 5.96 Å². The predicted molar refractivity (Wildman–Crippen MR) is 101 cm³/mol. The summed E-state index contributed by atoms with van der Waals surface area (Å²) in [7, 11) is 0. The number of benzene rings is 1. The fourth-order valence-corrected chi connectivity index (χ4v) is 2.69. The Kier molecular flexibility index (Phi) is 6.03. The summed E-state index contributed by atoms with van der Waals surface area (Å²) in [5.74, 6) is 1.25. The summed E-state index contributed by atoms with van der Waals surface area (Å²) < 4.78 is 5.73. The first-order chi connectivity index (χ1) is 12.7. The van der Waals surface area contributed by atoms with Crippen molar-refractivity contribution in [2.45, 2.75) is 19.3 Å². The van der Waals surface area contributed by atoms with Gasteiger partial charge in [0.2, 0.25) is 5.91 Å². The molecule has 136 valence electrons. The van der Waals surface area contributed by atoms with Crippen LogP contribution in [0, 0.1) is 0 Å². The quantitative estimate of drug-likeness (QED) is 0.398. The normalized spacial score (nSPS) is 13.7. The van der Waals surface area contributed by atoms with Crippen LogP contribution >= 0.6 is 0 Å². The minimum absolute atomic E-state index is 0.0631. The van der Waals surface area contributed by atoms with Gasteiger partial charge >= 0.3 is 0 Å². The zero-order chi connectivity index (χ0) is 18.2. The molecule has 2 heterocycles. The lowest BCUT2D eigenvalue weighted by Crippen LogP contribution is -2.35. The van der Waals surface area contributed by atoms with E-state index in [1.807, 2.05) is 36.4 Å². The van der Waals surface area contributed by atoms with Crippen molar-refractivity contribution in [3.8, 4) is 5.75 Å². The first-order valence-electron chi connectivity index (χ1n) is 8.70. The molecule has 4 N–H and O–H groups in total. The second-order valence-electron chi connectivity index (χ2n) is 5.98. The van der Waals surface area contributed by atoms with Crippen LogP contribution in [0.5, 0.6) is 5.75 Å². The van der Waals surface area contributed by atoms with Crippen molar-refractivity contribution in [1.29, 1.82) is 0 Å². The number of guanidine groups is 1. The summed E-state index contributed by atoms with van der Waals surface area (Å²) in [5.41, 5.74) is 8.81. The van der Waals surface area contributed by atoms with Crippen LogP contribution in [0.1, 0.15) is 17.7 Å². The monoisotopic (exact) mass is 353 g/mol. The molecule has 1 aromatic carbocycles. The number of fused-ring (bicyclic) bond motifs is 1. The van der Waals surface area contributed by atoms with Gasteiger partial charge in [-0.15, -0.1) is 0 Å². The molecule has 7 nitrogen and oxygen atoms in total. The molecule has 1 aliphatic heterocycles. The number of rotatable bonds is 7. The lowest BCUT2D eigenvalue weighted by Gasteiger charge is -2.17. The summed E-state index contributed by atoms with van der Waals surface area (Å²) in [6.45, 7) is 1.63. The maximum Gasteiger partial charge on any atom is 0.224 e. The number of aryl methyl sites for hydroxylation is 1. The molecule has 0 spiro atoms. The number of pyridine rings is 1. The highest BCUT2D eigenvalue weighted by Crippen LogP contribution is 2.26. The summed E-state index contributed by atoms with van der Waals surface area (Å²) in [5, 5.41) is 5.89. The molecule has 0 saturated heterocycles. The number of nitrogens with zero attached hydrogens (tertiary/aromatic N) is 2. The molecule has 0 aliphatic carbocycles. The van der Waals surface area contributed by atoms with Crippen LogP contribution in [0.4, 0.5) is 5.69 Å². The lowest BCUT2D eigenvalue weighted by atomic mass is 10.0. The zero-order valence-corrected chi connectivity index (χ0v) is 14.6. The van der Waals surface area contributed by atoms with Gasteiger partial charge in [0.05, 0.1) is 6.54 Å². The Morgan fingerprint density at radius 1 is 1.31 bits per heavy atom. The number of aliphatic imine (C=N–C) groups is 1. The van der Waals surface area contributed by atoms with Crippen LogP contribution in [-0.4, -0.2) is 36.5 Å². The SMILES string of the molecule is NC(=NCCc1ccccn1)NCCOc1ccc2c(c1)CCC(=O)N2. The second-order valence-corrected chi connectivity index (χ2v) is 5.98. The number of aromatic nitrogens is 1. The second kappa shape index (κ2) is 8.84. The molecule has 0 radical (unpaired) electrons. The van der Waals surface area contributed by atoms with Crippen LogP contribution in [0.3, 0.4) is 0 Å². The number of carbonyl (C=O) groups excluding carboxylic acids is 1. The highest BCUT2D eigenvalue weighted by Gasteiger charge is 2.14. The van der Waals surface area contributed by atoms with Gasteiger partial charge in [-0.2, -0.15) is 0 Å². The fourth-order valence-electron chi connectivity index (χ4n) is 2.69. The molecule has 1 aromatic heterocycles. The molecule has 26 heavy (non-hydrogen) atoms. The minimum Gasteiger partial charge on any atom is -0.492 e. The maximum atomic E-state index is 11.4. The third kappa shape index (κ3) is 5.20. The summed E-state index contributed by atoms with van der Waals surface area (Å²) in [6.07, 6.45) is 3.79. The van der Waals surface area contributed by atoms with Crippen molar-refractivity contribution >= 4 is 17.6 Å². The van der Waals surface area contributed by atoms with Crippen molar-refractivity contribution in [3.63, 3.8) is 0 Å². The Bertz CT molecular complexity index is 777. The molecular formula is C19H23N5O2. The zero-order valence-electron chi connectivity index (χ0n) is 14.6. The number of anilines is 1. The average Bonchev–Trinajstić information content (AvgIpc) is 2.66. The van der Waals surface area contributed by atoms with Gasteiger partial charge in [-0.05, 0) is 42.3 Å². The molecule has 0 fully saturated rings. The van der Waals surface area contributed by atoms with E-state index in [1.54, 1.807) is 6.20 Å². The Morgan fingerprint density at radius 2 is 2.23 bits per heavy atom. The van der Waals surface area contributed by atoms with Crippen LogP contribution < -0.4 is 21.1 Å². The maximum absolute atomic E-state index is 11.4. The molecule has 0 unspecified atom stereocenters. The lowest BCUT2D eigenvalue weighted by molar-refractivity contribution is -0.116. The first kappa shape index (κ1) is 17.7. The smallest absolute Gasteiger partial charge is 0.224 e. The van der Waals surface area contributed by atoms with E-state index in [-0.39, 0.29) is 5.91 Å². The van der Waals surface area contributed by atoms with E-state index in [4.69, 9.17) is 10.5 Å². The molecule has 0 atom stereocenters. The van der Waals surface area contributed by atoms with Gasteiger partial charge in [0, 0.05) is 37.0 Å². The van der Waals surface area contributed by atoms with Crippen LogP contribution in [0.2, 0.25) is 0 Å². The van der Waals surface area contributed by atoms with Gasteiger partial charge in [-0.25, -0.2) is 0 Å². The number of hydrogen-bond acceptors (Lipinski definition) is 4. The number of ether oxygens (including phenoxy) is 1. The van der Waals surface area contributed by atoms with E-state index in [0.29, 0.717) is 32.1 Å². The van der Waals surface area contributed by atoms with Crippen molar-refractivity contribution in [1.82, 2.24) is 10.3 Å². The predicted octanol–water partition coefficient (Wildman–Crippen LogP) is 1.49. The molecule has 1 aliphatic rings. The fraction of sp³-hybridized carbons (Fsp3) is 0.316. The van der Waals surface area contributed by atoms with Crippen molar-refractivity contribution in [2.75, 3.05) is 25.0 Å². The van der Waals surface area contributed by atoms with Crippen LogP contribution in [0.25, 0.3) is 0 Å². The van der Waals surface area contributed by atoms with Gasteiger partial charge in [-0.3, -0.25) is 14.8 Å². The average molecular weight is 353 g/mol. The Balaban J connectivity index is 1.37. The standard InChI is InChI=1S/C19H23N5O2/c20-19(22-10-8-15-3-1-2-9-21-15)23-11-12-26-16-5-6-17-14(13-16)4-7-18(25)24-17/h1-3,5-6,9,13H,4,7-8,10-12H2,(H,24,25)(H3,20,22,23). The Hall–Kier alpha value is -3.09. The van der Waals surface area contributed by atoms with Gasteiger partial charge < -0.3 is 21.1 Å². The Morgan fingerprint density at radius 3 is 3.08 bits per heavy atom. The third-order valence-electron chi connectivity index (χ3n) is 4.03. The van der Waals surface area contributed by atoms with Crippen molar-refractivity contribution < 1.29 is 9.53 Å². The van der Waals surface area contributed by atoms with Crippen LogP contribution in [-0.2, 0) is 17.6 Å². The molecule has 0 bridgehead atoms. The van der Waals surface area contributed by atoms with Crippen molar-refractivity contribution in [3.05, 3.63) is 53.9 Å². The summed E-state index contributed by atoms with van der Waals surface area (Å²) >= 11 is 0. The van der Waals surface area contributed by atoms with E-state index in [2.05, 4.69) is 20.6 Å². The van der Waals surface area contributed by atoms with Gasteiger partial charge in [0.1, 0.15) is 12.4 Å². The van der Waals surface area contributed by atoms with Crippen LogP contribution in [0.15, 0.2) is 47.6 Å². The molecular weight excluding hydrogens is 330 g/mol. The van der Waals surface area contributed by atoms with E-state index in [0.717, 1.165) is 35.5 Å². The van der Waals surface area contributed by atoms with E-state index in [9.17, 15) is 4.79 Å². The van der Waals surface area contributed by atoms with E-state index in [1.165, 1.54) is 0 Å². The number of carbonyl (C=O) groups is 1. The largest absolute Gasteiger partial charge is 0.492 e. The number of nitrogens with two attached hydrogens (primary N) is 1. The molecule has 3 rings (SSSR count). The Labute approximate surface area is 152 Å². The summed E-state index contributed by atoms with van der Waals surface area (Å²) in [4.78, 5) is 19.9.